The van der Waals surface area contributed by atoms with Crippen LogP contribution in [0.3, 0.4) is 0 Å². The number of rotatable bonds is 3. The first-order valence-corrected chi connectivity index (χ1v) is 6.42. The minimum absolute atomic E-state index is 0.0721. The fraction of sp³-hybridized carbons (Fsp3) is 0.333. The number of H-pyrrole nitrogens is 1. The molecular formula is C15H16F2N2O. The predicted octanol–water partition coefficient (Wildman–Crippen LogP) is 3.07. The summed E-state index contributed by atoms with van der Waals surface area (Å²) < 4.78 is 26.4. The summed E-state index contributed by atoms with van der Waals surface area (Å²) in [5, 5.41) is 0. The van der Waals surface area contributed by atoms with Gasteiger partial charge in [0.05, 0.1) is 0 Å². The maximum absolute atomic E-state index is 13.6. The van der Waals surface area contributed by atoms with Gasteiger partial charge in [0.2, 0.25) is 0 Å². The summed E-state index contributed by atoms with van der Waals surface area (Å²) in [6, 6.07) is 3.37. The standard InChI is InChI=1S/C15H16F2N2O/c1-8(2)14-9(3)18-13(19-15(14)20)6-10-4-5-11(16)7-12(10)17/h4-5,7-8H,6H2,1-3H3,(H,18,19,20). The molecule has 0 fully saturated rings. The van der Waals surface area contributed by atoms with E-state index >= 15 is 0 Å². The minimum Gasteiger partial charge on any atom is -0.310 e. The Bertz CT molecular complexity index is 693. The molecule has 20 heavy (non-hydrogen) atoms. The number of hydrogen-bond acceptors (Lipinski definition) is 2. The van der Waals surface area contributed by atoms with E-state index in [4.69, 9.17) is 0 Å². The van der Waals surface area contributed by atoms with Crippen molar-refractivity contribution < 1.29 is 8.78 Å². The van der Waals surface area contributed by atoms with Crippen LogP contribution in [0, 0.1) is 18.6 Å². The van der Waals surface area contributed by atoms with Gasteiger partial charge >= 0.3 is 0 Å². The smallest absolute Gasteiger partial charge is 0.254 e. The molecule has 0 amide bonds. The van der Waals surface area contributed by atoms with Crippen LogP contribution >= 0.6 is 0 Å². The van der Waals surface area contributed by atoms with Crippen molar-refractivity contribution in [1.82, 2.24) is 9.97 Å². The molecule has 2 rings (SSSR count). The number of hydrogen-bond donors (Lipinski definition) is 1. The third kappa shape index (κ3) is 2.92. The average Bonchev–Trinajstić information content (AvgIpc) is 2.31. The quantitative estimate of drug-likeness (QED) is 0.937. The van der Waals surface area contributed by atoms with Crippen LogP contribution in [0.2, 0.25) is 0 Å². The molecule has 0 saturated carbocycles. The van der Waals surface area contributed by atoms with Crippen LogP contribution in [0.15, 0.2) is 23.0 Å². The Kier molecular flexibility index (Phi) is 3.97. The lowest BCUT2D eigenvalue weighted by Crippen LogP contribution is -2.20. The zero-order valence-corrected chi connectivity index (χ0v) is 11.6. The number of aryl methyl sites for hydroxylation is 1. The lowest BCUT2D eigenvalue weighted by Gasteiger charge is -2.10. The summed E-state index contributed by atoms with van der Waals surface area (Å²) in [5.74, 6) is -0.817. The van der Waals surface area contributed by atoms with E-state index < -0.39 is 11.6 Å². The predicted molar refractivity (Wildman–Crippen MR) is 72.8 cm³/mol. The summed E-state index contributed by atoms with van der Waals surface area (Å²) in [6.07, 6.45) is 0.126. The van der Waals surface area contributed by atoms with E-state index in [0.717, 1.165) is 6.07 Å². The summed E-state index contributed by atoms with van der Waals surface area (Å²) in [4.78, 5) is 18.9. The van der Waals surface area contributed by atoms with Gasteiger partial charge in [-0.3, -0.25) is 4.79 Å². The van der Waals surface area contributed by atoms with E-state index in [-0.39, 0.29) is 17.9 Å². The highest BCUT2D eigenvalue weighted by atomic mass is 19.1. The Balaban J connectivity index is 2.38. The molecule has 1 heterocycles. The van der Waals surface area contributed by atoms with E-state index in [1.807, 2.05) is 13.8 Å². The van der Waals surface area contributed by atoms with E-state index in [1.165, 1.54) is 12.1 Å². The van der Waals surface area contributed by atoms with Crippen LogP contribution in [0.25, 0.3) is 0 Å². The third-order valence-corrected chi connectivity index (χ3v) is 3.15. The van der Waals surface area contributed by atoms with Gasteiger partial charge in [-0.2, -0.15) is 0 Å². The summed E-state index contributed by atoms with van der Waals surface area (Å²) in [7, 11) is 0. The molecule has 1 aromatic carbocycles. The fourth-order valence-corrected chi connectivity index (χ4v) is 2.26. The zero-order chi connectivity index (χ0) is 14.9. The molecule has 0 radical (unpaired) electrons. The van der Waals surface area contributed by atoms with Crippen molar-refractivity contribution in [2.45, 2.75) is 33.1 Å². The van der Waals surface area contributed by atoms with E-state index in [0.29, 0.717) is 22.6 Å². The first kappa shape index (κ1) is 14.4. The molecule has 0 aliphatic carbocycles. The molecule has 3 nitrogen and oxygen atoms in total. The minimum atomic E-state index is -0.641. The number of nitrogens with one attached hydrogen (secondary N) is 1. The van der Waals surface area contributed by atoms with Crippen molar-refractivity contribution >= 4 is 0 Å². The Labute approximate surface area is 115 Å². The molecule has 0 atom stereocenters. The Morgan fingerprint density at radius 3 is 2.55 bits per heavy atom. The first-order valence-electron chi connectivity index (χ1n) is 6.42. The average molecular weight is 278 g/mol. The van der Waals surface area contributed by atoms with Crippen molar-refractivity contribution in [3.05, 3.63) is 62.8 Å². The van der Waals surface area contributed by atoms with Crippen molar-refractivity contribution in [2.24, 2.45) is 0 Å². The highest BCUT2D eigenvalue weighted by Crippen LogP contribution is 2.15. The lowest BCUT2D eigenvalue weighted by molar-refractivity contribution is 0.573. The topological polar surface area (TPSA) is 45.8 Å². The lowest BCUT2D eigenvalue weighted by atomic mass is 10.0. The molecule has 1 aromatic heterocycles. The largest absolute Gasteiger partial charge is 0.310 e. The van der Waals surface area contributed by atoms with Crippen LogP contribution in [0.5, 0.6) is 0 Å². The maximum atomic E-state index is 13.6. The van der Waals surface area contributed by atoms with Crippen molar-refractivity contribution in [3.63, 3.8) is 0 Å². The molecule has 5 heteroatoms. The van der Waals surface area contributed by atoms with Gasteiger partial charge in [-0.1, -0.05) is 19.9 Å². The molecule has 0 unspecified atom stereocenters. The van der Waals surface area contributed by atoms with E-state index in [9.17, 15) is 13.6 Å². The molecule has 0 spiro atoms. The number of nitrogens with zero attached hydrogens (tertiary/aromatic N) is 1. The first-order chi connectivity index (χ1) is 9.38. The van der Waals surface area contributed by atoms with Crippen molar-refractivity contribution in [2.75, 3.05) is 0 Å². The molecular weight excluding hydrogens is 262 g/mol. The monoisotopic (exact) mass is 278 g/mol. The van der Waals surface area contributed by atoms with Crippen molar-refractivity contribution in [3.8, 4) is 0 Å². The van der Waals surface area contributed by atoms with Crippen LogP contribution in [-0.2, 0) is 6.42 Å². The SMILES string of the molecule is Cc1nc(Cc2ccc(F)cc2F)[nH]c(=O)c1C(C)C. The molecule has 0 aliphatic heterocycles. The number of aromatic nitrogens is 2. The van der Waals surface area contributed by atoms with Crippen LogP contribution < -0.4 is 5.56 Å². The summed E-state index contributed by atoms with van der Waals surface area (Å²) in [6.45, 7) is 5.59. The van der Waals surface area contributed by atoms with E-state index in [2.05, 4.69) is 9.97 Å². The second-order valence-corrected chi connectivity index (χ2v) is 5.08. The molecule has 106 valence electrons. The van der Waals surface area contributed by atoms with Crippen LogP contribution in [0.1, 0.15) is 42.4 Å². The highest BCUT2D eigenvalue weighted by Gasteiger charge is 2.13. The van der Waals surface area contributed by atoms with Crippen molar-refractivity contribution in [1.29, 1.82) is 0 Å². The number of benzene rings is 1. The Hall–Kier alpha value is -2.04. The van der Waals surface area contributed by atoms with Gasteiger partial charge < -0.3 is 4.98 Å². The number of halogens is 2. The summed E-state index contributed by atoms with van der Waals surface area (Å²) in [5.41, 5.74) is 1.37. The second kappa shape index (κ2) is 5.53. The van der Waals surface area contributed by atoms with Gasteiger partial charge in [0.1, 0.15) is 17.5 Å². The van der Waals surface area contributed by atoms with E-state index in [1.54, 1.807) is 6.92 Å². The fourth-order valence-electron chi connectivity index (χ4n) is 2.26. The number of aromatic amines is 1. The highest BCUT2D eigenvalue weighted by molar-refractivity contribution is 5.25. The van der Waals surface area contributed by atoms with Gasteiger partial charge in [-0.25, -0.2) is 13.8 Å². The van der Waals surface area contributed by atoms with Gasteiger partial charge in [0.15, 0.2) is 0 Å². The maximum Gasteiger partial charge on any atom is 0.254 e. The van der Waals surface area contributed by atoms with Gasteiger partial charge in [0.25, 0.3) is 5.56 Å². The van der Waals surface area contributed by atoms with Gasteiger partial charge in [0, 0.05) is 23.7 Å². The zero-order valence-electron chi connectivity index (χ0n) is 11.6. The normalized spacial score (nSPS) is 11.1. The Morgan fingerprint density at radius 2 is 2.00 bits per heavy atom. The molecule has 2 aromatic rings. The second-order valence-electron chi connectivity index (χ2n) is 5.08. The third-order valence-electron chi connectivity index (χ3n) is 3.15. The molecule has 0 bridgehead atoms. The molecule has 0 saturated heterocycles. The van der Waals surface area contributed by atoms with Crippen LogP contribution in [-0.4, -0.2) is 9.97 Å². The molecule has 1 N–H and O–H groups in total. The van der Waals surface area contributed by atoms with Gasteiger partial charge in [-0.15, -0.1) is 0 Å². The van der Waals surface area contributed by atoms with Crippen LogP contribution in [0.4, 0.5) is 8.78 Å². The molecule has 0 aliphatic rings. The Morgan fingerprint density at radius 1 is 1.30 bits per heavy atom. The summed E-state index contributed by atoms with van der Waals surface area (Å²) >= 11 is 0. The van der Waals surface area contributed by atoms with Gasteiger partial charge in [-0.05, 0) is 24.5 Å².